The molecule has 0 aromatic heterocycles. The number of hydrogen-bond donors (Lipinski definition) is 1. The van der Waals surface area contributed by atoms with E-state index in [-0.39, 0.29) is 24.2 Å². The number of amides is 2. The van der Waals surface area contributed by atoms with Crippen LogP contribution in [0.4, 0.5) is 5.69 Å². The number of carbonyl (C=O) groups excluding carboxylic acids is 2. The summed E-state index contributed by atoms with van der Waals surface area (Å²) in [7, 11) is 0. The molecule has 3 rings (SSSR count). The van der Waals surface area contributed by atoms with Crippen LogP contribution in [0.1, 0.15) is 24.8 Å². The molecule has 5 heteroatoms. The SMILES string of the molecule is Cc1ccc(N2C[C@@H](C(=O)NC3CC3)CC2=O)cc1Cl. The highest BCUT2D eigenvalue weighted by Crippen LogP contribution is 2.29. The van der Waals surface area contributed by atoms with Gasteiger partial charge in [-0.2, -0.15) is 0 Å². The van der Waals surface area contributed by atoms with Crippen molar-refractivity contribution in [1.82, 2.24) is 5.32 Å². The number of halogens is 1. The van der Waals surface area contributed by atoms with E-state index < -0.39 is 0 Å². The maximum absolute atomic E-state index is 12.1. The second kappa shape index (κ2) is 5.09. The Hall–Kier alpha value is -1.55. The zero-order chi connectivity index (χ0) is 14.3. The molecule has 2 fully saturated rings. The molecule has 1 atom stereocenters. The van der Waals surface area contributed by atoms with Gasteiger partial charge in [0.25, 0.3) is 0 Å². The largest absolute Gasteiger partial charge is 0.353 e. The summed E-state index contributed by atoms with van der Waals surface area (Å²) in [5.41, 5.74) is 1.75. The minimum atomic E-state index is -0.247. The van der Waals surface area contributed by atoms with Gasteiger partial charge in [0.1, 0.15) is 0 Å². The first-order valence-electron chi connectivity index (χ1n) is 6.91. The second-order valence-electron chi connectivity index (χ2n) is 5.62. The Balaban J connectivity index is 1.72. The van der Waals surface area contributed by atoms with Crippen LogP contribution in [0.3, 0.4) is 0 Å². The van der Waals surface area contributed by atoms with Gasteiger partial charge < -0.3 is 10.2 Å². The molecule has 106 valence electrons. The zero-order valence-electron chi connectivity index (χ0n) is 11.4. The second-order valence-corrected chi connectivity index (χ2v) is 6.03. The topological polar surface area (TPSA) is 49.4 Å². The molecule has 1 aromatic carbocycles. The fourth-order valence-electron chi connectivity index (χ4n) is 2.43. The summed E-state index contributed by atoms with van der Waals surface area (Å²) in [6.45, 7) is 2.36. The highest BCUT2D eigenvalue weighted by Gasteiger charge is 2.37. The van der Waals surface area contributed by atoms with Crippen LogP contribution in [0.2, 0.25) is 5.02 Å². The molecule has 2 amide bonds. The molecule has 0 bridgehead atoms. The quantitative estimate of drug-likeness (QED) is 0.929. The van der Waals surface area contributed by atoms with Crippen LogP contribution in [0.5, 0.6) is 0 Å². The summed E-state index contributed by atoms with van der Waals surface area (Å²) in [5, 5.41) is 3.60. The highest BCUT2D eigenvalue weighted by atomic mass is 35.5. The van der Waals surface area contributed by atoms with Crippen LogP contribution in [0.15, 0.2) is 18.2 Å². The molecular weight excluding hydrogens is 276 g/mol. The summed E-state index contributed by atoms with van der Waals surface area (Å²) in [4.78, 5) is 25.8. The Labute approximate surface area is 123 Å². The van der Waals surface area contributed by atoms with Crippen LogP contribution in [0.25, 0.3) is 0 Å². The van der Waals surface area contributed by atoms with Crippen molar-refractivity contribution in [2.75, 3.05) is 11.4 Å². The van der Waals surface area contributed by atoms with Gasteiger partial charge >= 0.3 is 0 Å². The van der Waals surface area contributed by atoms with Gasteiger partial charge in [0.2, 0.25) is 11.8 Å². The van der Waals surface area contributed by atoms with Gasteiger partial charge in [0.15, 0.2) is 0 Å². The van der Waals surface area contributed by atoms with Gasteiger partial charge in [-0.1, -0.05) is 17.7 Å². The Kier molecular flexibility index (Phi) is 3.42. The van der Waals surface area contributed by atoms with Crippen molar-refractivity contribution in [3.63, 3.8) is 0 Å². The number of anilines is 1. The smallest absolute Gasteiger partial charge is 0.227 e. The molecule has 0 unspecified atom stereocenters. The van der Waals surface area contributed by atoms with E-state index in [1.807, 2.05) is 19.1 Å². The third-order valence-electron chi connectivity index (χ3n) is 3.89. The van der Waals surface area contributed by atoms with Crippen molar-refractivity contribution in [1.29, 1.82) is 0 Å². The van der Waals surface area contributed by atoms with E-state index in [2.05, 4.69) is 5.32 Å². The van der Waals surface area contributed by atoms with Crippen molar-refractivity contribution >= 4 is 29.1 Å². The van der Waals surface area contributed by atoms with E-state index in [4.69, 9.17) is 11.6 Å². The molecule has 0 spiro atoms. The number of aryl methyl sites for hydroxylation is 1. The predicted molar refractivity (Wildman–Crippen MR) is 77.8 cm³/mol. The molecule has 1 aliphatic heterocycles. The Bertz CT molecular complexity index is 569. The number of rotatable bonds is 3. The van der Waals surface area contributed by atoms with Crippen molar-refractivity contribution in [2.45, 2.75) is 32.2 Å². The fourth-order valence-corrected chi connectivity index (χ4v) is 2.60. The number of carbonyl (C=O) groups is 2. The van der Waals surface area contributed by atoms with Gasteiger partial charge in [0.05, 0.1) is 5.92 Å². The van der Waals surface area contributed by atoms with Crippen molar-refractivity contribution in [2.24, 2.45) is 5.92 Å². The van der Waals surface area contributed by atoms with Crippen molar-refractivity contribution in [3.8, 4) is 0 Å². The molecule has 1 heterocycles. The lowest BCUT2D eigenvalue weighted by Gasteiger charge is -2.17. The maximum Gasteiger partial charge on any atom is 0.227 e. The lowest BCUT2D eigenvalue weighted by molar-refractivity contribution is -0.126. The molecule has 2 aliphatic rings. The van der Waals surface area contributed by atoms with E-state index in [0.717, 1.165) is 24.1 Å². The van der Waals surface area contributed by atoms with E-state index in [0.29, 0.717) is 17.6 Å². The first kappa shape index (κ1) is 13.4. The Morgan fingerprint density at radius 3 is 2.80 bits per heavy atom. The van der Waals surface area contributed by atoms with Crippen LogP contribution in [0, 0.1) is 12.8 Å². The van der Waals surface area contributed by atoms with Gasteiger partial charge in [0, 0.05) is 29.7 Å². The van der Waals surface area contributed by atoms with E-state index >= 15 is 0 Å². The number of nitrogens with one attached hydrogen (secondary N) is 1. The van der Waals surface area contributed by atoms with Gasteiger partial charge in [-0.05, 0) is 37.5 Å². The van der Waals surface area contributed by atoms with E-state index in [9.17, 15) is 9.59 Å². The predicted octanol–water partition coefficient (Wildman–Crippen LogP) is 2.28. The molecule has 1 saturated heterocycles. The molecule has 0 radical (unpaired) electrons. The van der Waals surface area contributed by atoms with Crippen LogP contribution in [-0.2, 0) is 9.59 Å². The molecule has 1 saturated carbocycles. The molecular formula is C15H17ClN2O2. The van der Waals surface area contributed by atoms with Crippen LogP contribution < -0.4 is 10.2 Å². The molecule has 1 aromatic rings. The zero-order valence-corrected chi connectivity index (χ0v) is 12.1. The Morgan fingerprint density at radius 2 is 2.15 bits per heavy atom. The third-order valence-corrected chi connectivity index (χ3v) is 4.29. The fraction of sp³-hybridized carbons (Fsp3) is 0.467. The van der Waals surface area contributed by atoms with Gasteiger partial charge in [-0.3, -0.25) is 9.59 Å². The van der Waals surface area contributed by atoms with Crippen molar-refractivity contribution in [3.05, 3.63) is 28.8 Å². The summed E-state index contributed by atoms with van der Waals surface area (Å²) < 4.78 is 0. The standard InChI is InChI=1S/C15H17ClN2O2/c1-9-2-5-12(7-13(9)16)18-8-10(6-14(18)19)15(20)17-11-3-4-11/h2,5,7,10-11H,3-4,6,8H2,1H3,(H,17,20)/t10-/m0/s1. The first-order valence-corrected chi connectivity index (χ1v) is 7.29. The van der Waals surface area contributed by atoms with E-state index in [1.54, 1.807) is 11.0 Å². The number of nitrogens with zero attached hydrogens (tertiary/aromatic N) is 1. The Morgan fingerprint density at radius 1 is 1.40 bits per heavy atom. The molecule has 4 nitrogen and oxygen atoms in total. The summed E-state index contributed by atoms with van der Waals surface area (Å²) >= 11 is 6.10. The summed E-state index contributed by atoms with van der Waals surface area (Å²) in [6, 6.07) is 5.89. The minimum Gasteiger partial charge on any atom is -0.353 e. The normalized spacial score (nSPS) is 22.2. The average Bonchev–Trinajstić information content (AvgIpc) is 3.13. The highest BCUT2D eigenvalue weighted by molar-refractivity contribution is 6.31. The molecule has 20 heavy (non-hydrogen) atoms. The van der Waals surface area contributed by atoms with E-state index in [1.165, 1.54) is 0 Å². The lowest BCUT2D eigenvalue weighted by Crippen LogP contribution is -2.34. The summed E-state index contributed by atoms with van der Waals surface area (Å²) in [5.74, 6) is -0.259. The summed E-state index contributed by atoms with van der Waals surface area (Å²) in [6.07, 6.45) is 2.40. The van der Waals surface area contributed by atoms with Crippen LogP contribution in [-0.4, -0.2) is 24.4 Å². The number of benzene rings is 1. The molecule has 1 N–H and O–H groups in total. The average molecular weight is 293 g/mol. The molecule has 1 aliphatic carbocycles. The third kappa shape index (κ3) is 2.66. The van der Waals surface area contributed by atoms with Crippen LogP contribution >= 0.6 is 11.6 Å². The maximum atomic E-state index is 12.1. The number of hydrogen-bond acceptors (Lipinski definition) is 2. The lowest BCUT2D eigenvalue weighted by atomic mass is 10.1. The monoisotopic (exact) mass is 292 g/mol. The van der Waals surface area contributed by atoms with Gasteiger partial charge in [-0.15, -0.1) is 0 Å². The van der Waals surface area contributed by atoms with Crippen molar-refractivity contribution < 1.29 is 9.59 Å². The minimum absolute atomic E-state index is 0.00144. The van der Waals surface area contributed by atoms with Gasteiger partial charge in [-0.25, -0.2) is 0 Å². The first-order chi connectivity index (χ1) is 9.54.